The smallest absolute Gasteiger partial charge is 0.266 e. The van der Waals surface area contributed by atoms with E-state index in [1.54, 1.807) is 4.57 Å². The quantitative estimate of drug-likeness (QED) is 0.484. The Hall–Kier alpha value is -2.19. The Morgan fingerprint density at radius 3 is 2.70 bits per heavy atom. The van der Waals surface area contributed by atoms with E-state index in [2.05, 4.69) is 11.0 Å². The van der Waals surface area contributed by atoms with Crippen LogP contribution in [0.3, 0.4) is 0 Å². The van der Waals surface area contributed by atoms with Gasteiger partial charge in [0.25, 0.3) is 5.56 Å². The standard InChI is InChI=1S/C23H27N3O3S/c1-16-7-8-21(17(2)13-16)26-22(28)19-5-3-4-6-20(19)24-23(26)30-15-18(27)14-25-9-11-29-12-10-25/h3-8,13,18,27H,9-12,14-15H2,1-2H3/t18-/m1/s1. The number of β-amino-alcohol motifs (C(OH)–C–C–N with tert-alkyl or cyclic N) is 1. The fourth-order valence-corrected chi connectivity index (χ4v) is 4.70. The first-order valence-corrected chi connectivity index (χ1v) is 11.2. The number of benzene rings is 2. The summed E-state index contributed by atoms with van der Waals surface area (Å²) < 4.78 is 7.06. The number of aliphatic hydroxyl groups excluding tert-OH is 1. The van der Waals surface area contributed by atoms with Gasteiger partial charge in [-0.3, -0.25) is 14.3 Å². The summed E-state index contributed by atoms with van der Waals surface area (Å²) in [6.07, 6.45) is -0.510. The highest BCUT2D eigenvalue weighted by molar-refractivity contribution is 7.99. The highest BCUT2D eigenvalue weighted by Gasteiger charge is 2.18. The van der Waals surface area contributed by atoms with Gasteiger partial charge in [-0.15, -0.1) is 0 Å². The van der Waals surface area contributed by atoms with Crippen LogP contribution in [-0.2, 0) is 4.74 Å². The Balaban J connectivity index is 1.66. The zero-order valence-corrected chi connectivity index (χ0v) is 18.2. The van der Waals surface area contributed by atoms with Crippen LogP contribution in [0.5, 0.6) is 0 Å². The number of rotatable bonds is 6. The number of nitrogens with zero attached hydrogens (tertiary/aromatic N) is 3. The molecule has 0 unspecified atom stereocenters. The molecule has 6 nitrogen and oxygen atoms in total. The maximum atomic E-state index is 13.4. The van der Waals surface area contributed by atoms with Crippen molar-refractivity contribution in [2.75, 3.05) is 38.6 Å². The minimum absolute atomic E-state index is 0.0854. The van der Waals surface area contributed by atoms with Crippen LogP contribution in [0.1, 0.15) is 11.1 Å². The molecule has 0 spiro atoms. The molecule has 1 aromatic heterocycles. The summed E-state index contributed by atoms with van der Waals surface area (Å²) in [7, 11) is 0. The highest BCUT2D eigenvalue weighted by atomic mass is 32.2. The summed E-state index contributed by atoms with van der Waals surface area (Å²) >= 11 is 1.42. The maximum absolute atomic E-state index is 13.4. The molecule has 3 aromatic rings. The number of para-hydroxylation sites is 1. The van der Waals surface area contributed by atoms with Crippen molar-refractivity contribution < 1.29 is 9.84 Å². The third kappa shape index (κ3) is 4.59. The molecule has 0 saturated carbocycles. The van der Waals surface area contributed by atoms with Gasteiger partial charge in [-0.2, -0.15) is 0 Å². The van der Waals surface area contributed by atoms with Crippen molar-refractivity contribution in [2.24, 2.45) is 0 Å². The largest absolute Gasteiger partial charge is 0.391 e. The summed E-state index contributed by atoms with van der Waals surface area (Å²) in [4.78, 5) is 20.4. The monoisotopic (exact) mass is 425 g/mol. The molecule has 1 N–H and O–H groups in total. The van der Waals surface area contributed by atoms with E-state index in [1.807, 2.05) is 50.2 Å². The van der Waals surface area contributed by atoms with E-state index in [1.165, 1.54) is 11.8 Å². The van der Waals surface area contributed by atoms with Gasteiger partial charge in [0.05, 0.1) is 35.9 Å². The molecule has 0 bridgehead atoms. The van der Waals surface area contributed by atoms with E-state index in [9.17, 15) is 9.90 Å². The molecule has 7 heteroatoms. The van der Waals surface area contributed by atoms with Crippen LogP contribution in [0.4, 0.5) is 0 Å². The van der Waals surface area contributed by atoms with Gasteiger partial charge in [-0.25, -0.2) is 4.98 Å². The molecule has 1 atom stereocenters. The molecule has 2 heterocycles. The molecule has 2 aromatic carbocycles. The predicted molar refractivity (Wildman–Crippen MR) is 121 cm³/mol. The van der Waals surface area contributed by atoms with Gasteiger partial charge in [0.15, 0.2) is 5.16 Å². The van der Waals surface area contributed by atoms with Gasteiger partial charge in [0.2, 0.25) is 0 Å². The highest BCUT2D eigenvalue weighted by Crippen LogP contribution is 2.24. The molecule has 30 heavy (non-hydrogen) atoms. The Bertz CT molecular complexity index is 1090. The maximum Gasteiger partial charge on any atom is 0.266 e. The summed E-state index contributed by atoms with van der Waals surface area (Å²) in [5, 5.41) is 11.8. The zero-order chi connectivity index (χ0) is 21.1. The second-order valence-corrected chi connectivity index (χ2v) is 8.71. The zero-order valence-electron chi connectivity index (χ0n) is 17.4. The van der Waals surface area contributed by atoms with E-state index in [4.69, 9.17) is 9.72 Å². The Kier molecular flexibility index (Phi) is 6.53. The minimum atomic E-state index is -0.510. The average molecular weight is 426 g/mol. The first-order chi connectivity index (χ1) is 14.5. The van der Waals surface area contributed by atoms with Crippen molar-refractivity contribution in [1.29, 1.82) is 0 Å². The van der Waals surface area contributed by atoms with Gasteiger partial charge < -0.3 is 9.84 Å². The van der Waals surface area contributed by atoms with E-state index in [0.29, 0.717) is 41.6 Å². The van der Waals surface area contributed by atoms with Crippen LogP contribution in [0.25, 0.3) is 16.6 Å². The second kappa shape index (κ2) is 9.31. The van der Waals surface area contributed by atoms with Gasteiger partial charge in [0.1, 0.15) is 0 Å². The van der Waals surface area contributed by atoms with E-state index < -0.39 is 6.10 Å². The lowest BCUT2D eigenvalue weighted by Crippen LogP contribution is -2.41. The SMILES string of the molecule is Cc1ccc(-n2c(SC[C@H](O)CN3CCOCC3)nc3ccccc3c2=O)c(C)c1. The average Bonchev–Trinajstić information content (AvgIpc) is 2.74. The van der Waals surface area contributed by atoms with Crippen LogP contribution in [0.2, 0.25) is 0 Å². The summed E-state index contributed by atoms with van der Waals surface area (Å²) in [5.74, 6) is 0.465. The van der Waals surface area contributed by atoms with Crippen LogP contribution in [-0.4, -0.2) is 64.3 Å². The van der Waals surface area contributed by atoms with Crippen molar-refractivity contribution in [3.8, 4) is 5.69 Å². The molecule has 1 saturated heterocycles. The number of hydrogen-bond acceptors (Lipinski definition) is 6. The van der Waals surface area contributed by atoms with E-state index in [0.717, 1.165) is 29.9 Å². The normalized spacial score (nSPS) is 16.1. The third-order valence-corrected chi connectivity index (χ3v) is 6.40. The lowest BCUT2D eigenvalue weighted by Gasteiger charge is -2.28. The molecule has 0 amide bonds. The van der Waals surface area contributed by atoms with Crippen LogP contribution < -0.4 is 5.56 Å². The number of aliphatic hydroxyl groups is 1. The summed E-state index contributed by atoms with van der Waals surface area (Å²) in [6, 6.07) is 13.5. The predicted octanol–water partition coefficient (Wildman–Crippen LogP) is 2.79. The molecular weight excluding hydrogens is 398 g/mol. The topological polar surface area (TPSA) is 67.6 Å². The van der Waals surface area contributed by atoms with E-state index >= 15 is 0 Å². The number of hydrogen-bond donors (Lipinski definition) is 1. The molecular formula is C23H27N3O3S. The number of thioether (sulfide) groups is 1. The van der Waals surface area contributed by atoms with Gasteiger partial charge in [-0.1, -0.05) is 41.6 Å². The van der Waals surface area contributed by atoms with Gasteiger partial charge >= 0.3 is 0 Å². The molecule has 4 rings (SSSR count). The molecule has 0 aliphatic carbocycles. The molecule has 0 radical (unpaired) electrons. The van der Waals surface area contributed by atoms with Crippen molar-refractivity contribution >= 4 is 22.7 Å². The Labute approximate surface area is 180 Å². The minimum Gasteiger partial charge on any atom is -0.391 e. The van der Waals surface area contributed by atoms with Gasteiger partial charge in [0, 0.05) is 25.4 Å². The lowest BCUT2D eigenvalue weighted by molar-refractivity contribution is 0.0188. The fourth-order valence-electron chi connectivity index (χ4n) is 3.78. The second-order valence-electron chi connectivity index (χ2n) is 7.72. The van der Waals surface area contributed by atoms with E-state index in [-0.39, 0.29) is 5.56 Å². The lowest BCUT2D eigenvalue weighted by atomic mass is 10.1. The van der Waals surface area contributed by atoms with Crippen molar-refractivity contribution in [3.05, 3.63) is 63.9 Å². The summed E-state index contributed by atoms with van der Waals surface area (Å²) in [5.41, 5.74) is 3.58. The number of ether oxygens (including phenoxy) is 1. The number of aryl methyl sites for hydroxylation is 2. The molecule has 158 valence electrons. The molecule has 1 aliphatic heterocycles. The first kappa shape index (κ1) is 21.1. The van der Waals surface area contributed by atoms with Crippen molar-refractivity contribution in [1.82, 2.24) is 14.5 Å². The van der Waals surface area contributed by atoms with Crippen molar-refractivity contribution in [2.45, 2.75) is 25.1 Å². The Morgan fingerprint density at radius 2 is 1.93 bits per heavy atom. The summed E-state index contributed by atoms with van der Waals surface area (Å²) in [6.45, 7) is 7.72. The van der Waals surface area contributed by atoms with Crippen molar-refractivity contribution in [3.63, 3.8) is 0 Å². The number of fused-ring (bicyclic) bond motifs is 1. The van der Waals surface area contributed by atoms with Crippen LogP contribution in [0.15, 0.2) is 52.4 Å². The number of aromatic nitrogens is 2. The molecule has 1 aliphatic rings. The van der Waals surface area contributed by atoms with Crippen LogP contribution >= 0.6 is 11.8 Å². The third-order valence-electron chi connectivity index (χ3n) is 5.32. The number of morpholine rings is 1. The van der Waals surface area contributed by atoms with Crippen LogP contribution in [0, 0.1) is 13.8 Å². The fraction of sp³-hybridized carbons (Fsp3) is 0.391. The first-order valence-electron chi connectivity index (χ1n) is 10.2. The Morgan fingerprint density at radius 1 is 1.17 bits per heavy atom. The van der Waals surface area contributed by atoms with Gasteiger partial charge in [-0.05, 0) is 37.6 Å². The molecule has 1 fully saturated rings.